The van der Waals surface area contributed by atoms with Gasteiger partial charge in [0.25, 0.3) is 0 Å². The van der Waals surface area contributed by atoms with Crippen LogP contribution in [0.1, 0.15) is 51.9 Å². The van der Waals surface area contributed by atoms with E-state index in [1.807, 2.05) is 6.08 Å². The van der Waals surface area contributed by atoms with E-state index in [1.165, 1.54) is 5.57 Å². The molecule has 6 atom stereocenters. The predicted octanol–water partition coefficient (Wildman–Crippen LogP) is 2.67. The van der Waals surface area contributed by atoms with Crippen LogP contribution in [-0.4, -0.2) is 22.8 Å². The summed E-state index contributed by atoms with van der Waals surface area (Å²) >= 11 is 0. The largest absolute Gasteiger partial charge is 0.393 e. The highest BCUT2D eigenvalue weighted by atomic mass is 16.3. The molecular weight excluding hydrogens is 264 g/mol. The van der Waals surface area contributed by atoms with Crippen LogP contribution in [0.15, 0.2) is 11.6 Å². The van der Waals surface area contributed by atoms with E-state index in [0.29, 0.717) is 42.8 Å². The zero-order valence-corrected chi connectivity index (χ0v) is 12.7. The number of fused-ring (bicyclic) bond motifs is 5. The van der Waals surface area contributed by atoms with Crippen LogP contribution in [0.4, 0.5) is 0 Å². The third-order valence-corrected chi connectivity index (χ3v) is 6.98. The Morgan fingerprint density at radius 3 is 2.76 bits per heavy atom. The summed E-state index contributed by atoms with van der Waals surface area (Å²) in [7, 11) is 0. The lowest BCUT2D eigenvalue weighted by molar-refractivity contribution is -0.140. The molecule has 4 rings (SSSR count). The molecule has 0 aromatic rings. The van der Waals surface area contributed by atoms with Crippen molar-refractivity contribution in [2.45, 2.75) is 58.0 Å². The van der Waals surface area contributed by atoms with Crippen molar-refractivity contribution < 1.29 is 14.7 Å². The van der Waals surface area contributed by atoms with E-state index in [-0.39, 0.29) is 23.2 Å². The standard InChI is InChI=1S/C18H24O3/c1-18-9-15(20)17-12-5-3-11(19)8-10(12)2-4-13(17)14(18)6-7-16(18)21/h8,12-15,17,20H,2-7,9H2,1H3. The van der Waals surface area contributed by atoms with E-state index in [9.17, 15) is 14.7 Å². The zero-order chi connectivity index (χ0) is 14.8. The molecule has 6 unspecified atom stereocenters. The van der Waals surface area contributed by atoms with Crippen LogP contribution in [0.3, 0.4) is 0 Å². The molecule has 21 heavy (non-hydrogen) atoms. The van der Waals surface area contributed by atoms with Crippen LogP contribution in [0.2, 0.25) is 0 Å². The minimum absolute atomic E-state index is 0.255. The molecule has 0 aliphatic heterocycles. The van der Waals surface area contributed by atoms with Crippen LogP contribution in [0, 0.1) is 29.1 Å². The third kappa shape index (κ3) is 1.82. The van der Waals surface area contributed by atoms with Crippen molar-refractivity contribution in [3.8, 4) is 0 Å². The van der Waals surface area contributed by atoms with Gasteiger partial charge in [-0.2, -0.15) is 0 Å². The molecule has 0 heterocycles. The Hall–Kier alpha value is -0.960. The second kappa shape index (κ2) is 4.52. The predicted molar refractivity (Wildman–Crippen MR) is 78.5 cm³/mol. The zero-order valence-electron chi connectivity index (χ0n) is 12.7. The first-order valence-electron chi connectivity index (χ1n) is 8.45. The summed E-state index contributed by atoms with van der Waals surface area (Å²) in [4.78, 5) is 24.0. The summed E-state index contributed by atoms with van der Waals surface area (Å²) in [6, 6.07) is 0. The first kappa shape index (κ1) is 13.7. The molecule has 4 aliphatic rings. The number of ketones is 2. The molecule has 3 fully saturated rings. The molecular formula is C18H24O3. The number of hydrogen-bond acceptors (Lipinski definition) is 3. The number of aliphatic hydroxyl groups is 1. The Kier molecular flexibility index (Phi) is 2.94. The van der Waals surface area contributed by atoms with Gasteiger partial charge in [0.1, 0.15) is 5.78 Å². The highest BCUT2D eigenvalue weighted by Gasteiger charge is 2.59. The lowest BCUT2D eigenvalue weighted by Crippen LogP contribution is -2.53. The topological polar surface area (TPSA) is 54.4 Å². The van der Waals surface area contributed by atoms with Gasteiger partial charge in [0.05, 0.1) is 6.10 Å². The van der Waals surface area contributed by atoms with Crippen LogP contribution in [-0.2, 0) is 9.59 Å². The molecule has 0 radical (unpaired) electrons. The summed E-state index contributed by atoms with van der Waals surface area (Å²) in [5.41, 5.74) is 0.992. The Morgan fingerprint density at radius 2 is 1.95 bits per heavy atom. The number of rotatable bonds is 0. The van der Waals surface area contributed by atoms with Gasteiger partial charge in [-0.25, -0.2) is 0 Å². The van der Waals surface area contributed by atoms with Crippen LogP contribution in [0.25, 0.3) is 0 Å². The second-order valence-electron chi connectivity index (χ2n) is 7.87. The first-order chi connectivity index (χ1) is 10.0. The van der Waals surface area contributed by atoms with Crippen molar-refractivity contribution in [2.24, 2.45) is 29.1 Å². The van der Waals surface area contributed by atoms with Gasteiger partial charge >= 0.3 is 0 Å². The van der Waals surface area contributed by atoms with Gasteiger partial charge in [-0.05, 0) is 61.9 Å². The number of carbonyl (C=O) groups is 2. The van der Waals surface area contributed by atoms with Crippen LogP contribution < -0.4 is 0 Å². The Morgan fingerprint density at radius 1 is 1.14 bits per heavy atom. The van der Waals surface area contributed by atoms with Gasteiger partial charge in [0, 0.05) is 18.3 Å². The first-order valence-corrected chi connectivity index (χ1v) is 8.45. The maximum atomic E-state index is 12.3. The smallest absolute Gasteiger partial charge is 0.155 e. The maximum absolute atomic E-state index is 12.3. The highest BCUT2D eigenvalue weighted by molar-refractivity contribution is 5.91. The van der Waals surface area contributed by atoms with Crippen LogP contribution in [0.5, 0.6) is 0 Å². The molecule has 0 aromatic heterocycles. The van der Waals surface area contributed by atoms with Gasteiger partial charge < -0.3 is 5.11 Å². The number of hydrogen-bond donors (Lipinski definition) is 1. The lowest BCUT2D eigenvalue weighted by Gasteiger charge is -2.54. The third-order valence-electron chi connectivity index (χ3n) is 6.98. The molecule has 4 aliphatic carbocycles. The maximum Gasteiger partial charge on any atom is 0.155 e. The van der Waals surface area contributed by atoms with Crippen molar-refractivity contribution in [2.75, 3.05) is 0 Å². The summed E-state index contributed by atoms with van der Waals surface area (Å²) in [6.07, 6.45) is 7.39. The van der Waals surface area contributed by atoms with E-state index >= 15 is 0 Å². The lowest BCUT2D eigenvalue weighted by atomic mass is 9.51. The molecule has 0 aromatic carbocycles. The number of carbonyl (C=O) groups excluding carboxylic acids is 2. The molecule has 1 N–H and O–H groups in total. The van der Waals surface area contributed by atoms with Crippen molar-refractivity contribution >= 4 is 11.6 Å². The van der Waals surface area contributed by atoms with Gasteiger partial charge in [0.2, 0.25) is 0 Å². The molecule has 0 spiro atoms. The number of allylic oxidation sites excluding steroid dienone is 1. The quantitative estimate of drug-likeness (QED) is 0.745. The monoisotopic (exact) mass is 288 g/mol. The van der Waals surface area contributed by atoms with Crippen molar-refractivity contribution in [3.05, 3.63) is 11.6 Å². The van der Waals surface area contributed by atoms with Crippen molar-refractivity contribution in [3.63, 3.8) is 0 Å². The number of Topliss-reactive ketones (excluding diaryl/α,β-unsaturated/α-hetero) is 1. The molecule has 3 saturated carbocycles. The Labute approximate surface area is 125 Å². The summed E-state index contributed by atoms with van der Waals surface area (Å²) in [6.45, 7) is 2.09. The van der Waals surface area contributed by atoms with E-state index in [1.54, 1.807) is 0 Å². The fourth-order valence-corrected chi connectivity index (χ4v) is 6.03. The van der Waals surface area contributed by atoms with E-state index in [2.05, 4.69) is 6.92 Å². The molecule has 3 nitrogen and oxygen atoms in total. The summed E-state index contributed by atoms with van der Waals surface area (Å²) in [5.74, 6) is 2.22. The van der Waals surface area contributed by atoms with Gasteiger partial charge in [-0.3, -0.25) is 9.59 Å². The normalized spacial score (nSPS) is 49.2. The van der Waals surface area contributed by atoms with Gasteiger partial charge in [-0.1, -0.05) is 12.5 Å². The summed E-state index contributed by atoms with van der Waals surface area (Å²) < 4.78 is 0. The fourth-order valence-electron chi connectivity index (χ4n) is 6.03. The van der Waals surface area contributed by atoms with Crippen LogP contribution >= 0.6 is 0 Å². The average molecular weight is 288 g/mol. The minimum atomic E-state index is -0.375. The minimum Gasteiger partial charge on any atom is -0.393 e. The van der Waals surface area contributed by atoms with Gasteiger partial charge in [-0.15, -0.1) is 0 Å². The van der Waals surface area contributed by atoms with Gasteiger partial charge in [0.15, 0.2) is 5.78 Å². The Balaban J connectivity index is 1.70. The Bertz CT molecular complexity index is 535. The van der Waals surface area contributed by atoms with E-state index in [0.717, 1.165) is 25.7 Å². The summed E-state index contributed by atoms with van der Waals surface area (Å²) in [5, 5.41) is 10.8. The fraction of sp³-hybridized carbons (Fsp3) is 0.778. The average Bonchev–Trinajstić information content (AvgIpc) is 2.74. The molecule has 114 valence electrons. The molecule has 0 saturated heterocycles. The molecule has 0 amide bonds. The van der Waals surface area contributed by atoms with Crippen molar-refractivity contribution in [1.82, 2.24) is 0 Å². The van der Waals surface area contributed by atoms with E-state index in [4.69, 9.17) is 0 Å². The number of aliphatic hydroxyl groups excluding tert-OH is 1. The SMILES string of the molecule is CC12CC(O)C3C4CCC(=O)C=C4CCC3C1CCC2=O. The van der Waals surface area contributed by atoms with Crippen molar-refractivity contribution in [1.29, 1.82) is 0 Å². The second-order valence-corrected chi connectivity index (χ2v) is 7.87. The molecule has 0 bridgehead atoms. The molecule has 3 heteroatoms. The van der Waals surface area contributed by atoms with E-state index < -0.39 is 0 Å². The highest BCUT2D eigenvalue weighted by Crippen LogP contribution is 2.60.